The van der Waals surface area contributed by atoms with Crippen molar-refractivity contribution in [3.05, 3.63) is 0 Å². The summed E-state index contributed by atoms with van der Waals surface area (Å²) in [6.45, 7) is 0. The van der Waals surface area contributed by atoms with Gasteiger partial charge in [0.25, 0.3) is 0 Å². The Bertz CT molecular complexity index is 102. The van der Waals surface area contributed by atoms with Crippen molar-refractivity contribution in [1.29, 1.82) is 0 Å². The van der Waals surface area contributed by atoms with Crippen molar-refractivity contribution < 1.29 is 14.2 Å². The Hall–Kier alpha value is 0.314. The molecule has 0 aliphatic rings. The maximum atomic E-state index is 5.27. The molecule has 0 rings (SSSR count). The topological polar surface area (TPSA) is 27.7 Å². The molecule has 1 unspecified atom stereocenters. The molecule has 0 radical (unpaired) electrons. The third kappa shape index (κ3) is 2.68. The molecule has 0 aromatic heterocycles. The van der Waals surface area contributed by atoms with Crippen molar-refractivity contribution >= 4 is 20.5 Å². The van der Waals surface area contributed by atoms with Gasteiger partial charge in [-0.25, -0.2) is 0 Å². The van der Waals surface area contributed by atoms with E-state index in [1.54, 1.807) is 21.3 Å². The summed E-state index contributed by atoms with van der Waals surface area (Å²) < 4.78 is 15.8. The minimum Gasteiger partial charge on any atom is -0.377 e. The number of rotatable bonds is 5. The highest BCUT2D eigenvalue weighted by molar-refractivity contribution is 6.15. The van der Waals surface area contributed by atoms with E-state index in [0.717, 1.165) is 26.5 Å². The van der Waals surface area contributed by atoms with Crippen molar-refractivity contribution in [1.82, 2.24) is 0 Å². The summed E-state index contributed by atoms with van der Waals surface area (Å²) in [4.78, 5) is 0. The maximum Gasteiger partial charge on any atom is 0.165 e. The molecule has 0 saturated carbocycles. The first-order valence-electron chi connectivity index (χ1n) is 3.77. The van der Waals surface area contributed by atoms with Gasteiger partial charge in [0.1, 0.15) is 6.10 Å². The molecule has 0 aromatic carbocycles. The predicted octanol–water partition coefficient (Wildman–Crippen LogP) is -1.90. The van der Waals surface area contributed by atoms with Gasteiger partial charge in [-0.1, -0.05) is 0 Å². The monoisotopic (exact) mass is 194 g/mol. The summed E-state index contributed by atoms with van der Waals surface area (Å²) in [6, 6.07) is 1.04. The Morgan fingerprint density at radius 3 is 1.82 bits per heavy atom. The summed E-state index contributed by atoms with van der Waals surface area (Å²) in [6.07, 6.45) is 0.107. The molecule has 68 valence electrons. The highest BCUT2D eigenvalue weighted by Crippen LogP contribution is 2.16. The van der Waals surface area contributed by atoms with E-state index in [2.05, 4.69) is 0 Å². The van der Waals surface area contributed by atoms with Gasteiger partial charge in [0, 0.05) is 31.6 Å². The van der Waals surface area contributed by atoms with E-state index in [1.165, 1.54) is 0 Å². The van der Waals surface area contributed by atoms with Gasteiger partial charge in [0.15, 0.2) is 5.41 Å². The largest absolute Gasteiger partial charge is 0.377 e. The molecule has 0 aromatic rings. The Morgan fingerprint density at radius 2 is 1.73 bits per heavy atom. The van der Waals surface area contributed by atoms with Gasteiger partial charge in [-0.15, -0.1) is 0 Å². The SMILES string of the molecule is COC(C[SiH3])C([SiH3])(OC)OC. The van der Waals surface area contributed by atoms with Crippen LogP contribution in [0.25, 0.3) is 0 Å². The van der Waals surface area contributed by atoms with Gasteiger partial charge in [0.05, 0.1) is 10.2 Å². The molecule has 5 heteroatoms. The van der Waals surface area contributed by atoms with Crippen molar-refractivity contribution in [3.63, 3.8) is 0 Å². The highest BCUT2D eigenvalue weighted by atomic mass is 28.1. The Balaban J connectivity index is 4.19. The highest BCUT2D eigenvalue weighted by Gasteiger charge is 2.32. The Morgan fingerprint density at radius 1 is 1.27 bits per heavy atom. The third-order valence-electron chi connectivity index (χ3n) is 2.05. The van der Waals surface area contributed by atoms with Crippen LogP contribution in [0.2, 0.25) is 6.04 Å². The molecule has 0 bridgehead atoms. The lowest BCUT2D eigenvalue weighted by Crippen LogP contribution is -2.47. The van der Waals surface area contributed by atoms with Crippen LogP contribution in [-0.2, 0) is 14.2 Å². The first-order chi connectivity index (χ1) is 5.14. The van der Waals surface area contributed by atoms with Crippen LogP contribution in [0, 0.1) is 0 Å². The van der Waals surface area contributed by atoms with Crippen LogP contribution in [0.1, 0.15) is 0 Å². The zero-order valence-corrected chi connectivity index (χ0v) is 12.0. The lowest BCUT2D eigenvalue weighted by Gasteiger charge is -2.33. The van der Waals surface area contributed by atoms with E-state index in [4.69, 9.17) is 14.2 Å². The van der Waals surface area contributed by atoms with Crippen LogP contribution < -0.4 is 0 Å². The minimum atomic E-state index is -0.448. The molecule has 0 fully saturated rings. The van der Waals surface area contributed by atoms with E-state index in [9.17, 15) is 0 Å². The van der Waals surface area contributed by atoms with Crippen molar-refractivity contribution in [2.75, 3.05) is 21.3 Å². The minimum absolute atomic E-state index is 0.107. The van der Waals surface area contributed by atoms with Crippen LogP contribution in [0.5, 0.6) is 0 Å². The molecule has 1 atom stereocenters. The second-order valence-electron chi connectivity index (χ2n) is 2.56. The zero-order valence-electron chi connectivity index (χ0n) is 8.01. The summed E-state index contributed by atoms with van der Waals surface area (Å²) >= 11 is 0. The zero-order chi connectivity index (χ0) is 8.91. The van der Waals surface area contributed by atoms with Crippen molar-refractivity contribution in [2.24, 2.45) is 0 Å². The molecule has 0 heterocycles. The van der Waals surface area contributed by atoms with Gasteiger partial charge in [0.2, 0.25) is 0 Å². The van der Waals surface area contributed by atoms with Gasteiger partial charge >= 0.3 is 0 Å². The number of methoxy groups -OCH3 is 3. The fourth-order valence-corrected chi connectivity index (χ4v) is 3.63. The molecule has 0 N–H and O–H groups in total. The van der Waals surface area contributed by atoms with Crippen molar-refractivity contribution in [3.8, 4) is 0 Å². The second-order valence-corrected chi connectivity index (χ2v) is 4.77. The average molecular weight is 194 g/mol. The van der Waals surface area contributed by atoms with Gasteiger partial charge in [-0.05, 0) is 6.04 Å². The molecular weight excluding hydrogens is 176 g/mol. The summed E-state index contributed by atoms with van der Waals surface area (Å²) in [7, 11) is 6.97. The van der Waals surface area contributed by atoms with Crippen LogP contribution in [0.4, 0.5) is 0 Å². The lowest BCUT2D eigenvalue weighted by molar-refractivity contribution is -0.202. The first kappa shape index (κ1) is 11.3. The number of hydrogen-bond acceptors (Lipinski definition) is 3. The van der Waals surface area contributed by atoms with E-state index < -0.39 is 5.41 Å². The van der Waals surface area contributed by atoms with E-state index >= 15 is 0 Å². The molecule has 11 heavy (non-hydrogen) atoms. The fraction of sp³-hybridized carbons (Fsp3) is 1.00. The molecule has 0 aliphatic carbocycles. The summed E-state index contributed by atoms with van der Waals surface area (Å²) in [5, 5.41) is 0. The number of hydrogen-bond donors (Lipinski definition) is 0. The molecular formula is C6H18O3Si2. The fourth-order valence-electron chi connectivity index (χ4n) is 1.10. The lowest BCUT2D eigenvalue weighted by atomic mass is 10.4. The van der Waals surface area contributed by atoms with E-state index in [-0.39, 0.29) is 6.10 Å². The summed E-state index contributed by atoms with van der Waals surface area (Å²) in [5.41, 5.74) is -0.448. The molecule has 3 nitrogen and oxygen atoms in total. The van der Waals surface area contributed by atoms with Crippen LogP contribution in [-0.4, -0.2) is 53.3 Å². The second kappa shape index (κ2) is 5.05. The Kier molecular flexibility index (Phi) is 5.19. The molecule has 0 aliphatic heterocycles. The Labute approximate surface area is 74.2 Å². The third-order valence-corrected chi connectivity index (χ3v) is 4.25. The van der Waals surface area contributed by atoms with Gasteiger partial charge in [-0.2, -0.15) is 0 Å². The summed E-state index contributed by atoms with van der Waals surface area (Å²) in [5.74, 6) is 0. The van der Waals surface area contributed by atoms with Crippen LogP contribution in [0.3, 0.4) is 0 Å². The van der Waals surface area contributed by atoms with Crippen molar-refractivity contribution in [2.45, 2.75) is 17.6 Å². The number of ether oxygens (including phenoxy) is 3. The van der Waals surface area contributed by atoms with E-state index in [1.807, 2.05) is 0 Å². The molecule has 0 spiro atoms. The van der Waals surface area contributed by atoms with E-state index in [0.29, 0.717) is 0 Å². The average Bonchev–Trinajstić information content (AvgIpc) is 2.06. The normalized spacial score (nSPS) is 15.5. The van der Waals surface area contributed by atoms with Gasteiger partial charge in [-0.3, -0.25) is 0 Å². The van der Waals surface area contributed by atoms with Gasteiger partial charge < -0.3 is 14.2 Å². The van der Waals surface area contributed by atoms with Crippen LogP contribution in [0.15, 0.2) is 0 Å². The molecule has 0 saturated heterocycles. The predicted molar refractivity (Wildman–Crippen MR) is 52.2 cm³/mol. The smallest absolute Gasteiger partial charge is 0.165 e. The van der Waals surface area contributed by atoms with Crippen LogP contribution >= 0.6 is 0 Å². The maximum absolute atomic E-state index is 5.27. The molecule has 0 amide bonds. The first-order valence-corrected chi connectivity index (χ1v) is 6.19. The standard InChI is InChI=1S/C6H18O3Si2/c1-7-5(4-10)6(11,8-2)9-3/h5H,4H2,1-3,10-11H3. The quantitative estimate of drug-likeness (QED) is 0.378.